The molecule has 12 heteroatoms. The summed E-state index contributed by atoms with van der Waals surface area (Å²) in [6.45, 7) is 0.222. The Kier molecular flexibility index (Phi) is 6.84. The number of phenols is 1. The summed E-state index contributed by atoms with van der Waals surface area (Å²) in [6, 6.07) is 10.3. The van der Waals surface area contributed by atoms with E-state index in [0.29, 0.717) is 11.1 Å². The number of primary amides is 1. The maximum absolute atomic E-state index is 13.6. The van der Waals surface area contributed by atoms with Crippen molar-refractivity contribution in [2.45, 2.75) is 31.4 Å². The summed E-state index contributed by atoms with van der Waals surface area (Å²) in [5.41, 5.74) is 4.40. The van der Waals surface area contributed by atoms with Gasteiger partial charge in [0.25, 0.3) is 5.91 Å². The van der Waals surface area contributed by atoms with Gasteiger partial charge in [0.1, 0.15) is 22.8 Å². The molecule has 0 aliphatic heterocycles. The first-order valence-electron chi connectivity index (χ1n) is 12.9. The van der Waals surface area contributed by atoms with Crippen LogP contribution in [0.5, 0.6) is 5.75 Å². The highest BCUT2D eigenvalue weighted by Crippen LogP contribution is 2.53. The Bertz CT molecular complexity index is 1560. The quantitative estimate of drug-likeness (QED) is 0.230. The van der Waals surface area contributed by atoms with E-state index in [-0.39, 0.29) is 42.7 Å². The molecule has 3 aliphatic carbocycles. The molecule has 0 saturated heterocycles. The monoisotopic (exact) mass is 563 g/mol. The van der Waals surface area contributed by atoms with Crippen molar-refractivity contribution in [2.75, 3.05) is 14.1 Å². The third-order valence-corrected chi connectivity index (χ3v) is 7.91. The molecule has 1 saturated carbocycles. The minimum Gasteiger partial charge on any atom is -0.508 e. The first kappa shape index (κ1) is 27.9. The van der Waals surface area contributed by atoms with Gasteiger partial charge in [-0.2, -0.15) is 0 Å². The number of carbonyl (C=O) groups is 4. The zero-order valence-electron chi connectivity index (χ0n) is 22.3. The Morgan fingerprint density at radius 3 is 2.39 bits per heavy atom. The second kappa shape index (κ2) is 10.1. The van der Waals surface area contributed by atoms with E-state index in [1.54, 1.807) is 32.3 Å². The summed E-state index contributed by atoms with van der Waals surface area (Å²) in [5.74, 6) is -6.69. The summed E-state index contributed by atoms with van der Waals surface area (Å²) < 4.78 is 0. The second-order valence-electron chi connectivity index (χ2n) is 10.6. The molecule has 0 unspecified atom stereocenters. The largest absolute Gasteiger partial charge is 0.508 e. The minimum absolute atomic E-state index is 0.0202. The lowest BCUT2D eigenvalue weighted by Gasteiger charge is -2.46. The molecule has 0 bridgehead atoms. The molecule has 41 heavy (non-hydrogen) atoms. The summed E-state index contributed by atoms with van der Waals surface area (Å²) in [7, 11) is 3.17. The molecule has 3 aliphatic rings. The van der Waals surface area contributed by atoms with Gasteiger partial charge in [-0.3, -0.25) is 14.4 Å². The van der Waals surface area contributed by atoms with Crippen molar-refractivity contribution in [3.8, 4) is 16.9 Å². The average molecular weight is 564 g/mol. The van der Waals surface area contributed by atoms with E-state index in [1.165, 1.54) is 11.1 Å². The van der Waals surface area contributed by atoms with Gasteiger partial charge in [0.15, 0.2) is 11.4 Å². The van der Waals surface area contributed by atoms with E-state index >= 15 is 0 Å². The molecule has 214 valence electrons. The van der Waals surface area contributed by atoms with E-state index in [2.05, 4.69) is 5.32 Å². The lowest BCUT2D eigenvalue weighted by molar-refractivity contribution is -0.147. The van der Waals surface area contributed by atoms with Gasteiger partial charge in [0.2, 0.25) is 5.78 Å². The predicted molar refractivity (Wildman–Crippen MR) is 144 cm³/mol. The van der Waals surface area contributed by atoms with E-state index in [9.17, 15) is 39.6 Å². The maximum atomic E-state index is 13.6. The van der Waals surface area contributed by atoms with Crippen LogP contribution in [0, 0.1) is 11.8 Å². The number of hydrogen-bond donors (Lipinski definition) is 6. The van der Waals surface area contributed by atoms with Gasteiger partial charge in [-0.25, -0.2) is 4.79 Å². The number of benzene rings is 2. The van der Waals surface area contributed by atoms with Crippen LogP contribution in [0.1, 0.15) is 29.5 Å². The van der Waals surface area contributed by atoms with Crippen LogP contribution in [0.3, 0.4) is 0 Å². The number of aliphatic hydroxyl groups excluding tert-OH is 2. The highest BCUT2D eigenvalue weighted by Gasteiger charge is 2.60. The van der Waals surface area contributed by atoms with Crippen molar-refractivity contribution < 1.29 is 44.4 Å². The fraction of sp³-hybridized carbons (Fsp3) is 0.310. The van der Waals surface area contributed by atoms with E-state index in [1.807, 2.05) is 12.1 Å². The van der Waals surface area contributed by atoms with Crippen molar-refractivity contribution in [3.63, 3.8) is 0 Å². The van der Waals surface area contributed by atoms with Crippen LogP contribution in [0.4, 0.5) is 4.79 Å². The van der Waals surface area contributed by atoms with Gasteiger partial charge in [0, 0.05) is 38.6 Å². The highest BCUT2D eigenvalue weighted by molar-refractivity contribution is 6.22. The van der Waals surface area contributed by atoms with Crippen LogP contribution in [0.25, 0.3) is 16.9 Å². The topological polar surface area (TPSA) is 200 Å². The van der Waals surface area contributed by atoms with Crippen molar-refractivity contribution in [1.82, 2.24) is 10.4 Å². The van der Waals surface area contributed by atoms with Crippen molar-refractivity contribution in [2.24, 2.45) is 17.6 Å². The number of carbonyl (C=O) groups excluding carboxylic acids is 4. The lowest BCUT2D eigenvalue weighted by Crippen LogP contribution is -2.58. The first-order chi connectivity index (χ1) is 19.3. The van der Waals surface area contributed by atoms with Gasteiger partial charge in [0.05, 0.1) is 5.56 Å². The maximum Gasteiger partial charge on any atom is 0.426 e. The molecule has 1 fully saturated rings. The number of nitrogens with zero attached hydrogens (tertiary/aromatic N) is 1. The number of ketones is 2. The van der Waals surface area contributed by atoms with Crippen molar-refractivity contribution in [3.05, 3.63) is 70.0 Å². The molecule has 5 rings (SSSR count). The summed E-state index contributed by atoms with van der Waals surface area (Å²) in [4.78, 5) is 54.6. The van der Waals surface area contributed by atoms with Crippen LogP contribution in [0.2, 0.25) is 0 Å². The van der Waals surface area contributed by atoms with Gasteiger partial charge < -0.3 is 36.3 Å². The van der Waals surface area contributed by atoms with E-state index < -0.39 is 58.1 Å². The van der Waals surface area contributed by atoms with Gasteiger partial charge in [-0.1, -0.05) is 30.3 Å². The van der Waals surface area contributed by atoms with E-state index in [4.69, 9.17) is 10.6 Å². The number of nitrogens with one attached hydrogen (secondary N) is 1. The summed E-state index contributed by atoms with van der Waals surface area (Å²) in [5, 5.41) is 48.0. The molecule has 0 aromatic heterocycles. The van der Waals surface area contributed by atoms with E-state index in [0.717, 1.165) is 11.1 Å². The number of amides is 2. The smallest absolute Gasteiger partial charge is 0.426 e. The molecule has 2 aromatic rings. The Balaban J connectivity index is 1.52. The molecule has 2 aromatic carbocycles. The van der Waals surface area contributed by atoms with Gasteiger partial charge >= 0.3 is 6.09 Å². The van der Waals surface area contributed by atoms with Crippen LogP contribution < -0.4 is 11.1 Å². The summed E-state index contributed by atoms with van der Waals surface area (Å²) in [6.07, 6.45) is -0.747. The highest BCUT2D eigenvalue weighted by atomic mass is 16.7. The molecular weight excluding hydrogens is 534 g/mol. The number of Topliss-reactive ketones (excluding diaryl/α,β-unsaturated/α-hetero) is 2. The molecular formula is C29H29N3O9. The fourth-order valence-electron chi connectivity index (χ4n) is 6.07. The predicted octanol–water partition coefficient (Wildman–Crippen LogP) is 1.79. The Hall–Kier alpha value is -4.68. The van der Waals surface area contributed by atoms with Gasteiger partial charge in [-0.05, 0) is 47.1 Å². The number of rotatable bonds is 5. The summed E-state index contributed by atoms with van der Waals surface area (Å²) >= 11 is 0. The third-order valence-electron chi connectivity index (χ3n) is 7.91. The van der Waals surface area contributed by atoms with Gasteiger partial charge in [-0.15, -0.1) is 5.06 Å². The number of hydroxylamine groups is 2. The number of nitrogens with two attached hydrogens (primary N) is 1. The Morgan fingerprint density at radius 2 is 1.76 bits per heavy atom. The standard InChI is InChI=1S/C29H29N3O9/c1-32(2)41-28(39)31-12-13-3-5-14(6-4-13)17-7-8-19(33)22-18(17)10-15-9-16-11-20(34)23(27(30)38)26(37)29(16,40)25(36)21(15)24(22)35/h3-8,15-16,33,35,37,40H,9-12H2,1-2H3,(H2,30,38)(H,31,39)/t15-,16+,29+/m1/s1. The lowest BCUT2D eigenvalue weighted by atomic mass is 9.59. The Morgan fingerprint density at radius 1 is 1.07 bits per heavy atom. The first-order valence-corrected chi connectivity index (χ1v) is 12.9. The van der Waals surface area contributed by atoms with Crippen LogP contribution in [0.15, 0.2) is 53.3 Å². The zero-order chi connectivity index (χ0) is 29.8. The SMILES string of the molecule is CN(C)OC(=O)NCc1ccc(-c2ccc(O)c3c2C[C@H]2C[C@H]4CC(=O)C(C(N)=O)=C(O)[C@@]4(O)C(=O)C2=C3O)cc1. The number of aliphatic hydroxyl groups is 3. The number of hydrogen-bond acceptors (Lipinski definition) is 10. The van der Waals surface area contributed by atoms with Crippen LogP contribution in [-0.4, -0.2) is 68.8 Å². The molecule has 12 nitrogen and oxygen atoms in total. The van der Waals surface area contributed by atoms with Crippen LogP contribution in [-0.2, 0) is 32.2 Å². The number of fused-ring (bicyclic) bond motifs is 3. The number of aromatic hydroxyl groups is 1. The molecule has 0 heterocycles. The zero-order valence-corrected chi connectivity index (χ0v) is 22.3. The van der Waals surface area contributed by atoms with Crippen LogP contribution >= 0.6 is 0 Å². The molecule has 3 atom stereocenters. The average Bonchev–Trinajstić information content (AvgIpc) is 2.89. The molecule has 0 radical (unpaired) electrons. The molecule has 0 spiro atoms. The molecule has 7 N–H and O–H groups in total. The minimum atomic E-state index is -2.61. The number of phenolic OH excluding ortho intramolecular Hbond substituents is 1. The third kappa shape index (κ3) is 4.50. The van der Waals surface area contributed by atoms with Crippen molar-refractivity contribution in [1.29, 1.82) is 0 Å². The molecule has 2 amide bonds. The second-order valence-corrected chi connectivity index (χ2v) is 10.6. The van der Waals surface area contributed by atoms with Crippen molar-refractivity contribution >= 4 is 29.3 Å². The fourth-order valence-corrected chi connectivity index (χ4v) is 6.07. The Labute approximate surface area is 234 Å². The normalized spacial score (nSPS) is 23.6.